The number of carbonyl (C=O) groups is 2. The molecule has 0 saturated heterocycles. The summed E-state index contributed by atoms with van der Waals surface area (Å²) < 4.78 is 17.5. The topological polar surface area (TPSA) is 58.6 Å². The second-order valence-corrected chi connectivity index (χ2v) is 5.79. The Morgan fingerprint density at radius 3 is 2.61 bits per heavy atom. The van der Waals surface area contributed by atoms with Crippen LogP contribution in [0, 0.1) is 5.82 Å². The number of amides is 1. The summed E-state index contributed by atoms with van der Waals surface area (Å²) in [7, 11) is 1.35. The molecule has 1 N–H and O–H groups in total. The lowest BCUT2D eigenvalue weighted by Crippen LogP contribution is -2.38. The van der Waals surface area contributed by atoms with Crippen LogP contribution in [0.1, 0.15) is 31.2 Å². The SMILES string of the molecule is COC(=O)CCCNC(=O)CN(Cc1ccc(F)cc1)C1CC1. The molecule has 0 radical (unpaired) electrons. The molecule has 2 rings (SSSR count). The quantitative estimate of drug-likeness (QED) is 0.557. The standard InChI is InChI=1S/C17H23FN2O3/c1-23-17(22)3-2-10-19-16(21)12-20(15-8-9-15)11-13-4-6-14(18)7-5-13/h4-7,15H,2-3,8-12H2,1H3,(H,19,21). The second-order valence-electron chi connectivity index (χ2n) is 5.79. The van der Waals surface area contributed by atoms with Crippen LogP contribution in [0.3, 0.4) is 0 Å². The van der Waals surface area contributed by atoms with Crippen LogP contribution in [-0.2, 0) is 20.9 Å². The van der Waals surface area contributed by atoms with Gasteiger partial charge in [-0.2, -0.15) is 0 Å². The van der Waals surface area contributed by atoms with E-state index in [4.69, 9.17) is 0 Å². The zero-order valence-corrected chi connectivity index (χ0v) is 13.4. The molecular formula is C17H23FN2O3. The van der Waals surface area contributed by atoms with Crippen LogP contribution < -0.4 is 5.32 Å². The molecule has 0 unspecified atom stereocenters. The summed E-state index contributed by atoms with van der Waals surface area (Å²) >= 11 is 0. The summed E-state index contributed by atoms with van der Waals surface area (Å²) in [6.45, 7) is 1.42. The normalized spacial score (nSPS) is 13.9. The van der Waals surface area contributed by atoms with Gasteiger partial charge in [-0.15, -0.1) is 0 Å². The minimum Gasteiger partial charge on any atom is -0.469 e. The van der Waals surface area contributed by atoms with Crippen molar-refractivity contribution in [1.29, 1.82) is 0 Å². The molecule has 0 aliphatic heterocycles. The molecule has 1 fully saturated rings. The predicted octanol–water partition coefficient (Wildman–Crippen LogP) is 1.86. The third-order valence-corrected chi connectivity index (χ3v) is 3.82. The number of benzene rings is 1. The molecule has 0 spiro atoms. The lowest BCUT2D eigenvalue weighted by molar-refractivity contribution is -0.140. The molecule has 6 heteroatoms. The average Bonchev–Trinajstić information content (AvgIpc) is 3.37. The van der Waals surface area contributed by atoms with Gasteiger partial charge < -0.3 is 10.1 Å². The first kappa shape index (κ1) is 17.4. The van der Waals surface area contributed by atoms with Crippen LogP contribution in [0.25, 0.3) is 0 Å². The van der Waals surface area contributed by atoms with Gasteiger partial charge in [-0.25, -0.2) is 4.39 Å². The van der Waals surface area contributed by atoms with E-state index in [2.05, 4.69) is 15.0 Å². The average molecular weight is 322 g/mol. The first-order chi connectivity index (χ1) is 11.1. The Hall–Kier alpha value is -1.95. The van der Waals surface area contributed by atoms with Gasteiger partial charge in [-0.3, -0.25) is 14.5 Å². The third-order valence-electron chi connectivity index (χ3n) is 3.82. The van der Waals surface area contributed by atoms with Crippen molar-refractivity contribution in [3.05, 3.63) is 35.6 Å². The first-order valence-corrected chi connectivity index (χ1v) is 7.90. The van der Waals surface area contributed by atoms with Crippen molar-refractivity contribution in [2.24, 2.45) is 0 Å². The largest absolute Gasteiger partial charge is 0.469 e. The molecule has 0 atom stereocenters. The van der Waals surface area contributed by atoms with Crippen LogP contribution in [0.2, 0.25) is 0 Å². The smallest absolute Gasteiger partial charge is 0.305 e. The summed E-state index contributed by atoms with van der Waals surface area (Å²) in [5.41, 5.74) is 0.997. The highest BCUT2D eigenvalue weighted by molar-refractivity contribution is 5.78. The monoisotopic (exact) mass is 322 g/mol. The molecule has 1 aromatic rings. The number of rotatable bonds is 9. The van der Waals surface area contributed by atoms with Crippen LogP contribution in [-0.4, -0.2) is 43.0 Å². The summed E-state index contributed by atoms with van der Waals surface area (Å²) in [5.74, 6) is -0.575. The van der Waals surface area contributed by atoms with Crippen molar-refractivity contribution in [3.8, 4) is 0 Å². The molecule has 1 aliphatic rings. The molecule has 1 aliphatic carbocycles. The Kier molecular flexibility index (Phi) is 6.52. The van der Waals surface area contributed by atoms with Crippen LogP contribution in [0.15, 0.2) is 24.3 Å². The lowest BCUT2D eigenvalue weighted by atomic mass is 10.2. The van der Waals surface area contributed by atoms with E-state index in [0.717, 1.165) is 18.4 Å². The molecule has 1 aromatic carbocycles. The van der Waals surface area contributed by atoms with Gasteiger partial charge in [0.05, 0.1) is 13.7 Å². The Morgan fingerprint density at radius 1 is 1.30 bits per heavy atom. The maximum atomic E-state index is 12.9. The van der Waals surface area contributed by atoms with E-state index in [1.807, 2.05) is 0 Å². The van der Waals surface area contributed by atoms with E-state index in [9.17, 15) is 14.0 Å². The van der Waals surface area contributed by atoms with E-state index < -0.39 is 0 Å². The molecule has 1 saturated carbocycles. The fraction of sp³-hybridized carbons (Fsp3) is 0.529. The number of esters is 1. The van der Waals surface area contributed by atoms with Crippen molar-refractivity contribution in [3.63, 3.8) is 0 Å². The van der Waals surface area contributed by atoms with Gasteiger partial charge in [-0.1, -0.05) is 12.1 Å². The molecule has 5 nitrogen and oxygen atoms in total. The van der Waals surface area contributed by atoms with E-state index in [0.29, 0.717) is 38.5 Å². The molecule has 0 aromatic heterocycles. The first-order valence-electron chi connectivity index (χ1n) is 7.90. The molecule has 0 bridgehead atoms. The zero-order valence-electron chi connectivity index (χ0n) is 13.4. The van der Waals surface area contributed by atoms with Crippen LogP contribution in [0.4, 0.5) is 4.39 Å². The maximum Gasteiger partial charge on any atom is 0.305 e. The maximum absolute atomic E-state index is 12.9. The summed E-state index contributed by atoms with van der Waals surface area (Å²) in [5, 5.41) is 2.82. The van der Waals surface area contributed by atoms with Crippen molar-refractivity contribution < 1.29 is 18.7 Å². The number of carbonyl (C=O) groups excluding carboxylic acids is 2. The number of methoxy groups -OCH3 is 1. The lowest BCUT2D eigenvalue weighted by Gasteiger charge is -2.21. The summed E-state index contributed by atoms with van der Waals surface area (Å²) in [6.07, 6.45) is 3.06. The predicted molar refractivity (Wildman–Crippen MR) is 84.1 cm³/mol. The van der Waals surface area contributed by atoms with Gasteiger partial charge in [0.2, 0.25) is 5.91 Å². The van der Waals surface area contributed by atoms with Crippen molar-refractivity contribution in [1.82, 2.24) is 10.2 Å². The number of nitrogens with zero attached hydrogens (tertiary/aromatic N) is 1. The Labute approximate surface area is 135 Å². The number of hydrogen-bond acceptors (Lipinski definition) is 4. The highest BCUT2D eigenvalue weighted by Crippen LogP contribution is 2.28. The molecule has 126 valence electrons. The number of halogens is 1. The number of hydrogen-bond donors (Lipinski definition) is 1. The Bertz CT molecular complexity index is 529. The fourth-order valence-corrected chi connectivity index (χ4v) is 2.38. The van der Waals surface area contributed by atoms with Crippen molar-refractivity contribution in [2.75, 3.05) is 20.2 Å². The minimum absolute atomic E-state index is 0.0520. The summed E-state index contributed by atoms with van der Waals surface area (Å²) in [6, 6.07) is 6.80. The van der Waals surface area contributed by atoms with Gasteiger partial charge in [0.15, 0.2) is 0 Å². The van der Waals surface area contributed by atoms with Crippen LogP contribution in [0.5, 0.6) is 0 Å². The second kappa shape index (κ2) is 8.62. The Morgan fingerprint density at radius 2 is 2.00 bits per heavy atom. The number of ether oxygens (including phenoxy) is 1. The van der Waals surface area contributed by atoms with Gasteiger partial charge in [0.25, 0.3) is 0 Å². The van der Waals surface area contributed by atoms with E-state index in [1.165, 1.54) is 19.2 Å². The highest BCUT2D eigenvalue weighted by Gasteiger charge is 2.30. The van der Waals surface area contributed by atoms with Gasteiger partial charge >= 0.3 is 5.97 Å². The zero-order chi connectivity index (χ0) is 16.7. The summed E-state index contributed by atoms with van der Waals surface area (Å²) in [4.78, 5) is 25.1. The van der Waals surface area contributed by atoms with Gasteiger partial charge in [0.1, 0.15) is 5.82 Å². The van der Waals surface area contributed by atoms with E-state index >= 15 is 0 Å². The van der Waals surface area contributed by atoms with Crippen LogP contribution >= 0.6 is 0 Å². The molecule has 0 heterocycles. The van der Waals surface area contributed by atoms with Crippen molar-refractivity contribution in [2.45, 2.75) is 38.3 Å². The fourth-order valence-electron chi connectivity index (χ4n) is 2.38. The van der Waals surface area contributed by atoms with Gasteiger partial charge in [-0.05, 0) is 37.0 Å². The third kappa shape index (κ3) is 6.36. The highest BCUT2D eigenvalue weighted by atomic mass is 19.1. The Balaban J connectivity index is 1.74. The molecule has 1 amide bonds. The minimum atomic E-state index is -0.268. The molecule has 23 heavy (non-hydrogen) atoms. The van der Waals surface area contributed by atoms with E-state index in [1.54, 1.807) is 12.1 Å². The number of nitrogens with one attached hydrogen (secondary N) is 1. The van der Waals surface area contributed by atoms with E-state index in [-0.39, 0.29) is 17.7 Å². The van der Waals surface area contributed by atoms with Crippen molar-refractivity contribution >= 4 is 11.9 Å². The van der Waals surface area contributed by atoms with Gasteiger partial charge in [0, 0.05) is 25.6 Å². The molecular weight excluding hydrogens is 299 g/mol.